The summed E-state index contributed by atoms with van der Waals surface area (Å²) >= 11 is 1.14. The van der Waals surface area contributed by atoms with E-state index in [0.717, 1.165) is 36.6 Å². The van der Waals surface area contributed by atoms with Gasteiger partial charge in [-0.2, -0.15) is 0 Å². The van der Waals surface area contributed by atoms with Crippen LogP contribution in [-0.4, -0.2) is 51.5 Å². The molecule has 0 bridgehead atoms. The molecule has 0 aromatic carbocycles. The maximum Gasteiger partial charge on any atom is 0.330 e. The van der Waals surface area contributed by atoms with Gasteiger partial charge in [-0.15, -0.1) is 0 Å². The van der Waals surface area contributed by atoms with Gasteiger partial charge in [0, 0.05) is 24.7 Å². The standard InChI is InChI=1S/C22H33NO5S/c1-15-7-5-3-4-6-8-16(2)11-21(26)28-18(12-17(24)10-9-15)13-20(25)19-14-29-22(27)23-19/h3-5,7,11,15,17-20,24-25H,6,8-10,12-14H2,1-2H3,(H,23,27)/b4-3+,7-5-,16-11-/t15-,17-,18-,19?,20-/m1/s1. The molecule has 1 amide bonds. The van der Waals surface area contributed by atoms with E-state index < -0.39 is 24.3 Å². The number of hydrogen-bond acceptors (Lipinski definition) is 6. The maximum atomic E-state index is 12.3. The fourth-order valence-corrected chi connectivity index (χ4v) is 4.29. The first-order chi connectivity index (χ1) is 13.8. The zero-order valence-electron chi connectivity index (χ0n) is 17.3. The van der Waals surface area contributed by atoms with E-state index in [1.54, 1.807) is 0 Å². The predicted octanol–water partition coefficient (Wildman–Crippen LogP) is 3.49. The topological polar surface area (TPSA) is 95.9 Å². The van der Waals surface area contributed by atoms with Crippen LogP contribution >= 0.6 is 11.8 Å². The lowest BCUT2D eigenvalue weighted by Crippen LogP contribution is -2.41. The Bertz CT molecular complexity index is 645. The molecule has 2 aliphatic rings. The summed E-state index contributed by atoms with van der Waals surface area (Å²) in [6.45, 7) is 3.99. The van der Waals surface area contributed by atoms with Gasteiger partial charge >= 0.3 is 5.97 Å². The molecule has 29 heavy (non-hydrogen) atoms. The SMILES string of the molecule is C/C1=C/C(=O)O[C@@H](C[C@@H](O)C2CSC(=O)N2)C[C@H](O)CC[C@H](C)/C=C\C=C\CC1. The van der Waals surface area contributed by atoms with Crippen LogP contribution in [0.2, 0.25) is 0 Å². The summed E-state index contributed by atoms with van der Waals surface area (Å²) in [5.41, 5.74) is 0.920. The highest BCUT2D eigenvalue weighted by atomic mass is 32.2. The second-order valence-electron chi connectivity index (χ2n) is 8.00. The van der Waals surface area contributed by atoms with Gasteiger partial charge in [0.25, 0.3) is 5.24 Å². The molecule has 1 fully saturated rings. The van der Waals surface area contributed by atoms with Crippen LogP contribution in [0.5, 0.6) is 0 Å². The minimum atomic E-state index is -0.832. The summed E-state index contributed by atoms with van der Waals surface area (Å²) in [5.74, 6) is 0.363. The predicted molar refractivity (Wildman–Crippen MR) is 116 cm³/mol. The number of hydrogen-bond donors (Lipinski definition) is 3. The van der Waals surface area contributed by atoms with Gasteiger partial charge in [0.1, 0.15) is 6.10 Å². The van der Waals surface area contributed by atoms with Crippen LogP contribution in [0.4, 0.5) is 4.79 Å². The summed E-state index contributed by atoms with van der Waals surface area (Å²) in [6, 6.07) is -0.363. The smallest absolute Gasteiger partial charge is 0.330 e. The summed E-state index contributed by atoms with van der Waals surface area (Å²) < 4.78 is 5.59. The Morgan fingerprint density at radius 1 is 1.31 bits per heavy atom. The molecule has 1 unspecified atom stereocenters. The van der Waals surface area contributed by atoms with Crippen LogP contribution in [0.15, 0.2) is 36.0 Å². The normalized spacial score (nSPS) is 35.1. The number of carbonyl (C=O) groups is 2. The summed E-state index contributed by atoms with van der Waals surface area (Å²) in [5, 5.41) is 23.5. The lowest BCUT2D eigenvalue weighted by molar-refractivity contribution is -0.146. The molecule has 0 saturated carbocycles. The van der Waals surface area contributed by atoms with E-state index in [4.69, 9.17) is 4.74 Å². The van der Waals surface area contributed by atoms with E-state index in [9.17, 15) is 19.8 Å². The van der Waals surface area contributed by atoms with Gasteiger partial charge < -0.3 is 20.3 Å². The van der Waals surface area contributed by atoms with E-state index in [-0.39, 0.29) is 24.1 Å². The number of cyclic esters (lactones) is 1. The van der Waals surface area contributed by atoms with Gasteiger partial charge in [-0.25, -0.2) is 4.79 Å². The molecule has 0 spiro atoms. The number of esters is 1. The summed E-state index contributed by atoms with van der Waals surface area (Å²) in [6.07, 6.45) is 11.1. The molecule has 1 saturated heterocycles. The molecule has 0 aliphatic carbocycles. The van der Waals surface area contributed by atoms with Crippen molar-refractivity contribution in [3.05, 3.63) is 36.0 Å². The van der Waals surface area contributed by atoms with Gasteiger partial charge in [0.05, 0.1) is 18.2 Å². The van der Waals surface area contributed by atoms with Crippen LogP contribution in [0, 0.1) is 5.92 Å². The van der Waals surface area contributed by atoms with Gasteiger partial charge in [0.2, 0.25) is 0 Å². The van der Waals surface area contributed by atoms with Crippen molar-refractivity contribution in [1.29, 1.82) is 0 Å². The van der Waals surface area contributed by atoms with E-state index in [1.807, 2.05) is 19.1 Å². The molecule has 3 N–H and O–H groups in total. The molecule has 162 valence electrons. The average Bonchev–Trinajstić information content (AvgIpc) is 3.08. The molecule has 0 aromatic rings. The number of nitrogens with one attached hydrogen (secondary N) is 1. The van der Waals surface area contributed by atoms with Crippen molar-refractivity contribution >= 4 is 23.0 Å². The van der Waals surface area contributed by atoms with E-state index in [0.29, 0.717) is 18.1 Å². The number of amides is 1. The Balaban J connectivity index is 2.06. The fraction of sp³-hybridized carbons (Fsp3) is 0.636. The molecule has 2 aliphatic heterocycles. The molecule has 2 rings (SSSR count). The highest BCUT2D eigenvalue weighted by molar-refractivity contribution is 8.13. The van der Waals surface area contributed by atoms with E-state index >= 15 is 0 Å². The van der Waals surface area contributed by atoms with Gasteiger partial charge in [-0.05, 0) is 38.5 Å². The van der Waals surface area contributed by atoms with Gasteiger partial charge in [0.15, 0.2) is 0 Å². The largest absolute Gasteiger partial charge is 0.459 e. The lowest BCUT2D eigenvalue weighted by atomic mass is 9.96. The van der Waals surface area contributed by atoms with Gasteiger partial charge in [-0.1, -0.05) is 48.6 Å². The molecule has 0 radical (unpaired) electrons. The first kappa shape index (κ1) is 23.7. The molecular weight excluding hydrogens is 390 g/mol. The number of ether oxygens (including phenoxy) is 1. The van der Waals surface area contributed by atoms with Crippen LogP contribution in [0.1, 0.15) is 52.4 Å². The Hall–Kier alpha value is -1.57. The first-order valence-electron chi connectivity index (χ1n) is 10.3. The number of aliphatic hydroxyl groups is 2. The molecular formula is C22H33NO5S. The van der Waals surface area contributed by atoms with E-state index in [1.165, 1.54) is 6.08 Å². The fourth-order valence-electron chi connectivity index (χ4n) is 3.42. The minimum Gasteiger partial charge on any atom is -0.459 e. The Labute approximate surface area is 177 Å². The van der Waals surface area contributed by atoms with Crippen molar-refractivity contribution in [3.63, 3.8) is 0 Å². The van der Waals surface area contributed by atoms with Crippen molar-refractivity contribution in [2.24, 2.45) is 5.92 Å². The summed E-state index contributed by atoms with van der Waals surface area (Å²) in [7, 11) is 0. The highest BCUT2D eigenvalue weighted by Crippen LogP contribution is 2.22. The molecule has 5 atom stereocenters. The average molecular weight is 424 g/mol. The quantitative estimate of drug-likeness (QED) is 0.602. The minimum absolute atomic E-state index is 0.154. The summed E-state index contributed by atoms with van der Waals surface area (Å²) in [4.78, 5) is 23.7. The Kier molecular flexibility index (Phi) is 9.97. The second-order valence-corrected chi connectivity index (χ2v) is 8.99. The van der Waals surface area contributed by atoms with Crippen LogP contribution in [-0.2, 0) is 9.53 Å². The first-order valence-corrected chi connectivity index (χ1v) is 11.3. The van der Waals surface area contributed by atoms with Crippen LogP contribution < -0.4 is 5.32 Å². The Morgan fingerprint density at radius 3 is 2.83 bits per heavy atom. The van der Waals surface area contributed by atoms with Crippen LogP contribution in [0.3, 0.4) is 0 Å². The van der Waals surface area contributed by atoms with E-state index in [2.05, 4.69) is 24.4 Å². The van der Waals surface area contributed by atoms with Crippen molar-refractivity contribution in [2.75, 3.05) is 5.75 Å². The number of thioether (sulfide) groups is 1. The van der Waals surface area contributed by atoms with Crippen LogP contribution in [0.25, 0.3) is 0 Å². The van der Waals surface area contributed by atoms with Crippen molar-refractivity contribution < 1.29 is 24.5 Å². The van der Waals surface area contributed by atoms with Crippen molar-refractivity contribution in [1.82, 2.24) is 5.32 Å². The molecule has 0 aromatic heterocycles. The van der Waals surface area contributed by atoms with Crippen molar-refractivity contribution in [2.45, 2.75) is 76.7 Å². The second kappa shape index (κ2) is 12.2. The third-order valence-electron chi connectivity index (χ3n) is 5.20. The Morgan fingerprint density at radius 2 is 2.10 bits per heavy atom. The lowest BCUT2D eigenvalue weighted by Gasteiger charge is -2.25. The number of aliphatic hydroxyl groups excluding tert-OH is 2. The number of carbonyl (C=O) groups excluding carboxylic acids is 2. The number of allylic oxidation sites excluding steroid dienone is 5. The molecule has 7 heteroatoms. The zero-order valence-corrected chi connectivity index (χ0v) is 18.1. The zero-order chi connectivity index (χ0) is 21.2. The van der Waals surface area contributed by atoms with Crippen molar-refractivity contribution in [3.8, 4) is 0 Å². The highest BCUT2D eigenvalue weighted by Gasteiger charge is 2.31. The molecule has 2 heterocycles. The number of rotatable bonds is 3. The monoisotopic (exact) mass is 423 g/mol. The third kappa shape index (κ3) is 9.19. The van der Waals surface area contributed by atoms with Gasteiger partial charge in [-0.3, -0.25) is 4.79 Å². The maximum absolute atomic E-state index is 12.3. The third-order valence-corrected chi connectivity index (χ3v) is 6.10. The molecule has 6 nitrogen and oxygen atoms in total.